The number of benzene rings is 2. The molecular weight excluding hydrogens is 412 g/mol. The third kappa shape index (κ3) is 6.70. The summed E-state index contributed by atoms with van der Waals surface area (Å²) in [4.78, 5) is 13.6. The molecule has 1 amide bonds. The summed E-state index contributed by atoms with van der Waals surface area (Å²) in [6, 6.07) is 12.1. The lowest BCUT2D eigenvalue weighted by molar-refractivity contribution is -0.123. The third-order valence-corrected chi connectivity index (χ3v) is 5.10. The van der Waals surface area contributed by atoms with Gasteiger partial charge in [0.2, 0.25) is 5.91 Å². The summed E-state index contributed by atoms with van der Waals surface area (Å²) in [5.41, 5.74) is 2.68. The van der Waals surface area contributed by atoms with Crippen molar-refractivity contribution >= 4 is 11.6 Å². The summed E-state index contributed by atoms with van der Waals surface area (Å²) in [5.74, 6) is -0.466. The average molecular weight is 442 g/mol. The van der Waals surface area contributed by atoms with Crippen molar-refractivity contribution in [3.05, 3.63) is 102 Å². The van der Waals surface area contributed by atoms with Crippen molar-refractivity contribution in [2.24, 2.45) is 0 Å². The Morgan fingerprint density at radius 3 is 2.16 bits per heavy atom. The van der Waals surface area contributed by atoms with Crippen molar-refractivity contribution in [2.75, 3.05) is 12.0 Å². The van der Waals surface area contributed by atoms with Gasteiger partial charge in [-0.2, -0.15) is 0 Å². The largest absolute Gasteiger partial charge is 0.400 e. The Balaban J connectivity index is 0.000000239. The van der Waals surface area contributed by atoms with Gasteiger partial charge in [0, 0.05) is 12.8 Å². The van der Waals surface area contributed by atoms with E-state index < -0.39 is 6.10 Å². The smallest absolute Gasteiger partial charge is 0.230 e. The van der Waals surface area contributed by atoms with Gasteiger partial charge in [-0.3, -0.25) is 4.79 Å². The van der Waals surface area contributed by atoms with E-state index in [-0.39, 0.29) is 23.6 Å². The SMILES string of the molecule is CC[C@H](O)c1ccc(F)cc1.CO.O=C1C[C@@H](C2=CCC=CC=C2)N1c1ccc(F)cc1. The molecule has 4 rings (SSSR count). The highest BCUT2D eigenvalue weighted by Gasteiger charge is 2.38. The Morgan fingerprint density at radius 1 is 1.00 bits per heavy atom. The number of carbonyl (C=O) groups excluding carboxylic acids is 1. The van der Waals surface area contributed by atoms with Gasteiger partial charge in [0.05, 0.1) is 18.6 Å². The maximum Gasteiger partial charge on any atom is 0.230 e. The van der Waals surface area contributed by atoms with Gasteiger partial charge < -0.3 is 15.1 Å². The lowest BCUT2D eigenvalue weighted by Crippen LogP contribution is -2.53. The summed E-state index contributed by atoms with van der Waals surface area (Å²) in [7, 11) is 1.00. The summed E-state index contributed by atoms with van der Waals surface area (Å²) >= 11 is 0. The lowest BCUT2D eigenvalue weighted by Gasteiger charge is -2.41. The highest BCUT2D eigenvalue weighted by molar-refractivity contribution is 6.02. The van der Waals surface area contributed by atoms with E-state index in [1.165, 1.54) is 24.3 Å². The number of halogens is 2. The van der Waals surface area contributed by atoms with Gasteiger partial charge in [-0.1, -0.05) is 49.4 Å². The molecule has 0 spiro atoms. The van der Waals surface area contributed by atoms with E-state index in [1.54, 1.807) is 29.2 Å². The van der Waals surface area contributed by atoms with Crippen molar-refractivity contribution in [1.29, 1.82) is 0 Å². The van der Waals surface area contributed by atoms with Crippen LogP contribution in [-0.4, -0.2) is 29.3 Å². The molecule has 170 valence electrons. The first kappa shape index (κ1) is 25.2. The molecule has 2 aliphatic rings. The van der Waals surface area contributed by atoms with Gasteiger partial charge in [0.15, 0.2) is 0 Å². The molecule has 1 saturated heterocycles. The number of aliphatic hydroxyl groups is 2. The Morgan fingerprint density at radius 2 is 1.59 bits per heavy atom. The topological polar surface area (TPSA) is 60.8 Å². The molecule has 0 aromatic heterocycles. The van der Waals surface area contributed by atoms with Gasteiger partial charge in [0.1, 0.15) is 11.6 Å². The summed E-state index contributed by atoms with van der Waals surface area (Å²) in [5, 5.41) is 16.3. The first-order valence-corrected chi connectivity index (χ1v) is 10.5. The molecule has 0 radical (unpaired) electrons. The average Bonchev–Trinajstić information content (AvgIpc) is 3.10. The molecule has 4 nitrogen and oxygen atoms in total. The number of anilines is 1. The fraction of sp³-hybridized carbons (Fsp3) is 0.269. The normalized spacial score (nSPS) is 17.7. The number of rotatable bonds is 4. The summed E-state index contributed by atoms with van der Waals surface area (Å²) in [6.07, 6.45) is 11.8. The molecular formula is C26H29F2NO3. The number of hydrogen-bond acceptors (Lipinski definition) is 3. The van der Waals surface area contributed by atoms with E-state index in [1.807, 2.05) is 25.2 Å². The number of β-lactam (4-membered cyclic amide) rings is 1. The fourth-order valence-electron chi connectivity index (χ4n) is 3.37. The molecule has 2 aromatic carbocycles. The number of hydrogen-bond donors (Lipinski definition) is 2. The standard InChI is InChI=1S/C16H14FNO.C9H11FO.CH4O/c17-13-7-9-14(10-8-13)18-15(11-16(18)19)12-5-3-1-2-4-6-12;1-2-9(11)7-3-5-8(10)6-4-7;1-2/h1-3,5-10,15H,4,11H2;3-6,9,11H,2H2,1H3;2H,1H3/t15-;9-;/m00./s1. The van der Waals surface area contributed by atoms with Crippen LogP contribution in [0.3, 0.4) is 0 Å². The molecule has 32 heavy (non-hydrogen) atoms. The van der Waals surface area contributed by atoms with Crippen LogP contribution in [0.25, 0.3) is 0 Å². The zero-order valence-electron chi connectivity index (χ0n) is 18.3. The molecule has 0 bridgehead atoms. The first-order chi connectivity index (χ1) is 15.5. The van der Waals surface area contributed by atoms with Crippen LogP contribution in [0.2, 0.25) is 0 Å². The molecule has 2 N–H and O–H groups in total. The van der Waals surface area contributed by atoms with Crippen molar-refractivity contribution < 1.29 is 23.8 Å². The van der Waals surface area contributed by atoms with Crippen LogP contribution >= 0.6 is 0 Å². The summed E-state index contributed by atoms with van der Waals surface area (Å²) < 4.78 is 25.3. The van der Waals surface area contributed by atoms with Crippen molar-refractivity contribution in [2.45, 2.75) is 38.3 Å². The quantitative estimate of drug-likeness (QED) is 0.637. The van der Waals surface area contributed by atoms with Crippen LogP contribution in [0.4, 0.5) is 14.5 Å². The van der Waals surface area contributed by atoms with Crippen LogP contribution < -0.4 is 4.90 Å². The molecule has 2 aromatic rings. The molecule has 0 unspecified atom stereocenters. The minimum Gasteiger partial charge on any atom is -0.400 e. The van der Waals surface area contributed by atoms with Crippen molar-refractivity contribution in [3.8, 4) is 0 Å². The van der Waals surface area contributed by atoms with Crippen LogP contribution in [0.15, 0.2) is 84.5 Å². The lowest BCUT2D eigenvalue weighted by atomic mass is 9.92. The van der Waals surface area contributed by atoms with Gasteiger partial charge in [0.25, 0.3) is 0 Å². The van der Waals surface area contributed by atoms with E-state index >= 15 is 0 Å². The van der Waals surface area contributed by atoms with Gasteiger partial charge in [-0.05, 0) is 60.4 Å². The van der Waals surface area contributed by atoms with E-state index in [4.69, 9.17) is 5.11 Å². The van der Waals surface area contributed by atoms with E-state index in [0.717, 1.165) is 30.4 Å². The molecule has 1 heterocycles. The number of carbonyl (C=O) groups is 1. The van der Waals surface area contributed by atoms with Gasteiger partial charge >= 0.3 is 0 Å². The Bertz CT molecular complexity index is 950. The predicted octanol–water partition coefficient (Wildman–Crippen LogP) is 5.25. The monoisotopic (exact) mass is 441 g/mol. The van der Waals surface area contributed by atoms with Gasteiger partial charge in [-0.25, -0.2) is 8.78 Å². The third-order valence-electron chi connectivity index (χ3n) is 5.10. The van der Waals surface area contributed by atoms with Crippen LogP contribution in [-0.2, 0) is 4.79 Å². The molecule has 6 heteroatoms. The second kappa shape index (κ2) is 12.7. The number of amides is 1. The minimum atomic E-state index is -0.462. The Kier molecular flexibility index (Phi) is 9.98. The maximum absolute atomic E-state index is 12.9. The number of aliphatic hydroxyl groups excluding tert-OH is 2. The van der Waals surface area contributed by atoms with E-state index in [0.29, 0.717) is 12.8 Å². The number of nitrogens with zero attached hydrogens (tertiary/aromatic N) is 1. The Hall–Kier alpha value is -3.09. The van der Waals surface area contributed by atoms with Crippen LogP contribution in [0.1, 0.15) is 37.9 Å². The van der Waals surface area contributed by atoms with Crippen LogP contribution in [0.5, 0.6) is 0 Å². The molecule has 1 fully saturated rings. The molecule has 1 aliphatic heterocycles. The fourth-order valence-corrected chi connectivity index (χ4v) is 3.37. The second-order valence-electron chi connectivity index (χ2n) is 7.16. The zero-order valence-corrected chi connectivity index (χ0v) is 18.3. The van der Waals surface area contributed by atoms with Crippen molar-refractivity contribution in [3.63, 3.8) is 0 Å². The Labute approximate surface area is 187 Å². The maximum atomic E-state index is 12.9. The van der Waals surface area contributed by atoms with Crippen LogP contribution in [0, 0.1) is 11.6 Å². The zero-order chi connectivity index (χ0) is 23.5. The van der Waals surface area contributed by atoms with Crippen molar-refractivity contribution in [1.82, 2.24) is 0 Å². The summed E-state index contributed by atoms with van der Waals surface area (Å²) in [6.45, 7) is 1.88. The first-order valence-electron chi connectivity index (χ1n) is 10.5. The molecule has 1 aliphatic carbocycles. The predicted molar refractivity (Wildman–Crippen MR) is 123 cm³/mol. The highest BCUT2D eigenvalue weighted by atomic mass is 19.1. The van der Waals surface area contributed by atoms with E-state index in [2.05, 4.69) is 12.2 Å². The second-order valence-corrected chi connectivity index (χ2v) is 7.16. The highest BCUT2D eigenvalue weighted by Crippen LogP contribution is 2.33. The number of allylic oxidation sites excluding steroid dienone is 4. The molecule has 2 atom stereocenters. The van der Waals surface area contributed by atoms with Gasteiger partial charge in [-0.15, -0.1) is 0 Å². The minimum absolute atomic E-state index is 0.0779. The van der Waals surface area contributed by atoms with E-state index in [9.17, 15) is 18.7 Å². The molecule has 0 saturated carbocycles.